The molecule has 1 unspecified atom stereocenters. The lowest BCUT2D eigenvalue weighted by atomic mass is 10.2. The highest BCUT2D eigenvalue weighted by Crippen LogP contribution is 2.22. The van der Waals surface area contributed by atoms with Crippen LogP contribution in [0.25, 0.3) is 0 Å². The fraction of sp³-hybridized carbons (Fsp3) is 0.600. The molecule has 1 aromatic carbocycles. The number of morpholine rings is 1. The van der Waals surface area contributed by atoms with Crippen molar-refractivity contribution in [2.45, 2.75) is 24.3 Å². The van der Waals surface area contributed by atoms with Gasteiger partial charge in [-0.3, -0.25) is 0 Å². The van der Waals surface area contributed by atoms with Gasteiger partial charge in [0.15, 0.2) is 9.84 Å². The third-order valence-corrected chi connectivity index (χ3v) is 5.53. The summed E-state index contributed by atoms with van der Waals surface area (Å²) in [6, 6.07) is 7.09. The van der Waals surface area contributed by atoms with E-state index in [1.165, 1.54) is 0 Å². The number of para-hydroxylation sites is 1. The first-order chi connectivity index (χ1) is 10.0. The lowest BCUT2D eigenvalue weighted by Crippen LogP contribution is -2.43. The van der Waals surface area contributed by atoms with E-state index < -0.39 is 9.84 Å². The first-order valence-electron chi connectivity index (χ1n) is 7.38. The van der Waals surface area contributed by atoms with Crippen LogP contribution >= 0.6 is 0 Å². The van der Waals surface area contributed by atoms with E-state index in [0.717, 1.165) is 19.7 Å². The second kappa shape index (κ2) is 7.24. The standard InChI is InChI=1S/C15H24N2O3S/c1-3-10-21(18,19)15-7-5-4-6-14(15)16-11-13-12-17(2)8-9-20-13/h4-7,13,16H,3,8-12H2,1-2H3. The molecule has 1 fully saturated rings. The Morgan fingerprint density at radius 3 is 2.86 bits per heavy atom. The van der Waals surface area contributed by atoms with Gasteiger partial charge in [-0.1, -0.05) is 19.1 Å². The molecule has 1 aromatic rings. The minimum atomic E-state index is -3.22. The highest BCUT2D eigenvalue weighted by Gasteiger charge is 2.20. The maximum absolute atomic E-state index is 12.3. The van der Waals surface area contributed by atoms with E-state index in [1.54, 1.807) is 12.1 Å². The molecule has 1 aliphatic rings. The summed E-state index contributed by atoms with van der Waals surface area (Å²) < 4.78 is 30.2. The van der Waals surface area contributed by atoms with Crippen LogP contribution in [-0.4, -0.2) is 58.5 Å². The highest BCUT2D eigenvalue weighted by atomic mass is 32.2. The smallest absolute Gasteiger partial charge is 0.180 e. The van der Waals surface area contributed by atoms with E-state index in [1.807, 2.05) is 19.1 Å². The summed E-state index contributed by atoms with van der Waals surface area (Å²) in [7, 11) is -1.15. The van der Waals surface area contributed by atoms with E-state index in [2.05, 4.69) is 17.3 Å². The van der Waals surface area contributed by atoms with Crippen LogP contribution in [-0.2, 0) is 14.6 Å². The van der Waals surface area contributed by atoms with Gasteiger partial charge in [-0.15, -0.1) is 0 Å². The molecule has 0 spiro atoms. The van der Waals surface area contributed by atoms with E-state index in [-0.39, 0.29) is 11.9 Å². The maximum Gasteiger partial charge on any atom is 0.180 e. The van der Waals surface area contributed by atoms with Crippen molar-refractivity contribution in [3.63, 3.8) is 0 Å². The Kier molecular flexibility index (Phi) is 5.61. The number of nitrogens with zero attached hydrogens (tertiary/aromatic N) is 1. The first-order valence-corrected chi connectivity index (χ1v) is 9.04. The second-order valence-corrected chi connectivity index (χ2v) is 7.53. The Morgan fingerprint density at radius 2 is 2.14 bits per heavy atom. The zero-order valence-corrected chi connectivity index (χ0v) is 13.5. The van der Waals surface area contributed by atoms with Crippen LogP contribution in [0.2, 0.25) is 0 Å². The van der Waals surface area contributed by atoms with Crippen molar-refractivity contribution in [2.24, 2.45) is 0 Å². The van der Waals surface area contributed by atoms with Gasteiger partial charge in [0.25, 0.3) is 0 Å². The third kappa shape index (κ3) is 4.43. The molecule has 21 heavy (non-hydrogen) atoms. The van der Waals surface area contributed by atoms with Gasteiger partial charge in [0, 0.05) is 19.6 Å². The lowest BCUT2D eigenvalue weighted by molar-refractivity contribution is -0.0117. The number of hydrogen-bond donors (Lipinski definition) is 1. The minimum Gasteiger partial charge on any atom is -0.381 e. The summed E-state index contributed by atoms with van der Waals surface area (Å²) in [5.41, 5.74) is 0.669. The average Bonchev–Trinajstić information content (AvgIpc) is 2.45. The monoisotopic (exact) mass is 312 g/mol. The van der Waals surface area contributed by atoms with Gasteiger partial charge in [0.1, 0.15) is 0 Å². The summed E-state index contributed by atoms with van der Waals surface area (Å²) in [5.74, 6) is 0.175. The van der Waals surface area contributed by atoms with Crippen molar-refractivity contribution in [3.05, 3.63) is 24.3 Å². The van der Waals surface area contributed by atoms with E-state index in [4.69, 9.17) is 4.74 Å². The number of likely N-dealkylation sites (N-methyl/N-ethyl adjacent to an activating group) is 1. The van der Waals surface area contributed by atoms with Crippen LogP contribution in [0.3, 0.4) is 0 Å². The van der Waals surface area contributed by atoms with Crippen molar-refractivity contribution in [3.8, 4) is 0 Å². The average molecular weight is 312 g/mol. The molecule has 2 rings (SSSR count). The van der Waals surface area contributed by atoms with Gasteiger partial charge in [-0.2, -0.15) is 0 Å². The summed E-state index contributed by atoms with van der Waals surface area (Å²) in [6.07, 6.45) is 0.707. The fourth-order valence-electron chi connectivity index (χ4n) is 2.48. The van der Waals surface area contributed by atoms with Crippen molar-refractivity contribution in [1.29, 1.82) is 0 Å². The van der Waals surface area contributed by atoms with Crippen LogP contribution < -0.4 is 5.32 Å². The summed E-state index contributed by atoms with van der Waals surface area (Å²) >= 11 is 0. The fourth-order valence-corrected chi connectivity index (χ4v) is 4.00. The van der Waals surface area contributed by atoms with Gasteiger partial charge in [0.05, 0.1) is 29.0 Å². The van der Waals surface area contributed by atoms with Gasteiger partial charge in [0.2, 0.25) is 0 Å². The van der Waals surface area contributed by atoms with Crippen LogP contribution in [0.5, 0.6) is 0 Å². The van der Waals surface area contributed by atoms with Crippen molar-refractivity contribution in [1.82, 2.24) is 4.90 Å². The highest BCUT2D eigenvalue weighted by molar-refractivity contribution is 7.91. The number of benzene rings is 1. The molecule has 0 saturated carbocycles. The number of hydrogen-bond acceptors (Lipinski definition) is 5. The molecule has 0 radical (unpaired) electrons. The first kappa shape index (κ1) is 16.3. The number of anilines is 1. The Hall–Kier alpha value is -1.11. The zero-order chi connectivity index (χ0) is 15.3. The minimum absolute atomic E-state index is 0.0886. The SMILES string of the molecule is CCCS(=O)(=O)c1ccccc1NCC1CN(C)CCO1. The van der Waals surface area contributed by atoms with E-state index >= 15 is 0 Å². The molecule has 1 saturated heterocycles. The van der Waals surface area contributed by atoms with Gasteiger partial charge in [-0.25, -0.2) is 8.42 Å². The summed E-state index contributed by atoms with van der Waals surface area (Å²) in [4.78, 5) is 2.60. The van der Waals surface area contributed by atoms with Crippen LogP contribution in [0.15, 0.2) is 29.2 Å². The number of rotatable bonds is 6. The molecule has 0 amide bonds. The quantitative estimate of drug-likeness (QED) is 0.865. The Balaban J connectivity index is 2.06. The Morgan fingerprint density at radius 1 is 1.38 bits per heavy atom. The van der Waals surface area contributed by atoms with Gasteiger partial charge >= 0.3 is 0 Å². The summed E-state index contributed by atoms with van der Waals surface area (Å²) in [6.45, 7) is 5.01. The largest absolute Gasteiger partial charge is 0.381 e. The molecular weight excluding hydrogens is 288 g/mol. The maximum atomic E-state index is 12.3. The predicted molar refractivity (Wildman–Crippen MR) is 84.5 cm³/mol. The molecule has 1 atom stereocenters. The van der Waals surface area contributed by atoms with Gasteiger partial charge in [-0.05, 0) is 25.6 Å². The lowest BCUT2D eigenvalue weighted by Gasteiger charge is -2.30. The molecular formula is C15H24N2O3S. The predicted octanol–water partition coefficient (Wildman–Crippen LogP) is 1.61. The van der Waals surface area contributed by atoms with E-state index in [9.17, 15) is 8.42 Å². The second-order valence-electron chi connectivity index (χ2n) is 5.45. The summed E-state index contributed by atoms with van der Waals surface area (Å²) in [5, 5.41) is 3.24. The Labute approximate surface area is 127 Å². The van der Waals surface area contributed by atoms with Gasteiger partial charge < -0.3 is 15.0 Å². The molecule has 1 aliphatic heterocycles. The van der Waals surface area contributed by atoms with Crippen LogP contribution in [0, 0.1) is 0 Å². The van der Waals surface area contributed by atoms with Crippen LogP contribution in [0.1, 0.15) is 13.3 Å². The van der Waals surface area contributed by atoms with Crippen molar-refractivity contribution >= 4 is 15.5 Å². The molecule has 0 aliphatic carbocycles. The molecule has 6 heteroatoms. The topological polar surface area (TPSA) is 58.6 Å². The zero-order valence-electron chi connectivity index (χ0n) is 12.7. The molecule has 0 aromatic heterocycles. The van der Waals surface area contributed by atoms with Crippen molar-refractivity contribution < 1.29 is 13.2 Å². The third-order valence-electron chi connectivity index (χ3n) is 3.56. The molecule has 5 nitrogen and oxygen atoms in total. The molecule has 1 N–H and O–H groups in total. The number of ether oxygens (including phenoxy) is 1. The van der Waals surface area contributed by atoms with Crippen LogP contribution in [0.4, 0.5) is 5.69 Å². The molecule has 0 bridgehead atoms. The Bertz CT molecular complexity index is 560. The molecule has 1 heterocycles. The van der Waals surface area contributed by atoms with Crippen molar-refractivity contribution in [2.75, 3.05) is 44.4 Å². The number of sulfone groups is 1. The normalized spacial score (nSPS) is 20.4. The number of nitrogens with one attached hydrogen (secondary N) is 1. The molecule has 118 valence electrons. The van der Waals surface area contributed by atoms with E-state index in [0.29, 0.717) is 23.5 Å².